The molecule has 4 heteroatoms. The second-order valence-corrected chi connectivity index (χ2v) is 5.81. The van der Waals surface area contributed by atoms with Gasteiger partial charge in [0, 0.05) is 37.9 Å². The molecule has 110 valence electrons. The van der Waals surface area contributed by atoms with Crippen LogP contribution in [-0.4, -0.2) is 54.4 Å². The Bertz CT molecular complexity index is 442. The Morgan fingerprint density at radius 3 is 2.75 bits per heavy atom. The Balaban J connectivity index is 1.92. The molecule has 2 heterocycles. The molecule has 1 saturated heterocycles. The lowest BCUT2D eigenvalue weighted by molar-refractivity contribution is -0.134. The van der Waals surface area contributed by atoms with Crippen molar-refractivity contribution < 1.29 is 4.79 Å². The number of amides is 1. The maximum atomic E-state index is 12.2. The molecule has 2 rings (SSSR count). The van der Waals surface area contributed by atoms with E-state index in [1.165, 1.54) is 5.56 Å². The molecule has 1 aromatic heterocycles. The number of rotatable bonds is 5. The Morgan fingerprint density at radius 2 is 2.20 bits per heavy atom. The summed E-state index contributed by atoms with van der Waals surface area (Å²) in [6.45, 7) is 4.75. The highest BCUT2D eigenvalue weighted by atomic mass is 16.2. The molecule has 0 saturated carbocycles. The first-order valence-electron chi connectivity index (χ1n) is 7.47. The molecule has 0 N–H and O–H groups in total. The topological polar surface area (TPSA) is 36.4 Å². The SMILES string of the molecule is CCc1ccc([C@H]2CCN(CCN(C)C)C(=O)C2)cn1. The fourth-order valence-electron chi connectivity index (χ4n) is 2.61. The molecule has 0 unspecified atom stereocenters. The summed E-state index contributed by atoms with van der Waals surface area (Å²) in [6.07, 6.45) is 4.58. The lowest BCUT2D eigenvalue weighted by Gasteiger charge is -2.32. The van der Waals surface area contributed by atoms with E-state index in [-0.39, 0.29) is 5.91 Å². The van der Waals surface area contributed by atoms with Crippen molar-refractivity contribution in [2.75, 3.05) is 33.7 Å². The molecule has 20 heavy (non-hydrogen) atoms. The highest BCUT2D eigenvalue weighted by Crippen LogP contribution is 2.28. The van der Waals surface area contributed by atoms with Crippen LogP contribution in [0.25, 0.3) is 0 Å². The standard InChI is InChI=1S/C16H25N3O/c1-4-15-6-5-14(12-17-15)13-7-8-19(16(20)11-13)10-9-18(2)3/h5-6,12-13H,4,7-11H2,1-3H3/t13-/m0/s1. The second-order valence-electron chi connectivity index (χ2n) is 5.81. The highest BCUT2D eigenvalue weighted by Gasteiger charge is 2.26. The third-order valence-electron chi connectivity index (χ3n) is 4.02. The van der Waals surface area contributed by atoms with Gasteiger partial charge in [0.15, 0.2) is 0 Å². The Kier molecular flexibility index (Phi) is 5.12. The molecular formula is C16H25N3O. The predicted molar refractivity (Wildman–Crippen MR) is 80.7 cm³/mol. The molecular weight excluding hydrogens is 250 g/mol. The number of likely N-dealkylation sites (N-methyl/N-ethyl adjacent to an activating group) is 1. The summed E-state index contributed by atoms with van der Waals surface area (Å²) in [5.74, 6) is 0.624. The molecule has 0 aromatic carbocycles. The monoisotopic (exact) mass is 275 g/mol. The lowest BCUT2D eigenvalue weighted by Crippen LogP contribution is -2.41. The molecule has 1 aliphatic heterocycles. The number of pyridine rings is 1. The maximum absolute atomic E-state index is 12.2. The Hall–Kier alpha value is -1.42. The van der Waals surface area contributed by atoms with Crippen molar-refractivity contribution in [2.24, 2.45) is 0 Å². The van der Waals surface area contributed by atoms with Crippen LogP contribution in [0, 0.1) is 0 Å². The lowest BCUT2D eigenvalue weighted by atomic mass is 9.90. The number of aromatic nitrogens is 1. The van der Waals surface area contributed by atoms with Crippen LogP contribution >= 0.6 is 0 Å². The van der Waals surface area contributed by atoms with E-state index in [9.17, 15) is 4.79 Å². The highest BCUT2D eigenvalue weighted by molar-refractivity contribution is 5.78. The van der Waals surface area contributed by atoms with Crippen molar-refractivity contribution in [3.05, 3.63) is 29.6 Å². The van der Waals surface area contributed by atoms with E-state index in [1.807, 2.05) is 25.2 Å². The quantitative estimate of drug-likeness (QED) is 0.823. The smallest absolute Gasteiger partial charge is 0.223 e. The van der Waals surface area contributed by atoms with E-state index in [1.54, 1.807) is 0 Å². The summed E-state index contributed by atoms with van der Waals surface area (Å²) in [4.78, 5) is 20.8. The van der Waals surface area contributed by atoms with Crippen LogP contribution in [0.15, 0.2) is 18.3 Å². The molecule has 1 atom stereocenters. The van der Waals surface area contributed by atoms with E-state index in [0.29, 0.717) is 12.3 Å². The number of likely N-dealkylation sites (tertiary alicyclic amines) is 1. The zero-order valence-electron chi connectivity index (χ0n) is 12.8. The average molecular weight is 275 g/mol. The van der Waals surface area contributed by atoms with Gasteiger partial charge >= 0.3 is 0 Å². The minimum absolute atomic E-state index is 0.280. The van der Waals surface area contributed by atoms with Gasteiger partial charge < -0.3 is 9.80 Å². The number of hydrogen-bond donors (Lipinski definition) is 0. The van der Waals surface area contributed by atoms with E-state index >= 15 is 0 Å². The van der Waals surface area contributed by atoms with Crippen LogP contribution in [0.1, 0.15) is 36.9 Å². The van der Waals surface area contributed by atoms with Gasteiger partial charge in [-0.05, 0) is 44.5 Å². The van der Waals surface area contributed by atoms with Crippen molar-refractivity contribution in [1.29, 1.82) is 0 Å². The van der Waals surface area contributed by atoms with Crippen LogP contribution in [0.2, 0.25) is 0 Å². The van der Waals surface area contributed by atoms with E-state index in [2.05, 4.69) is 28.9 Å². The van der Waals surface area contributed by atoms with Gasteiger partial charge in [0.05, 0.1) is 0 Å². The Labute approximate surface area is 121 Å². The Morgan fingerprint density at radius 1 is 1.40 bits per heavy atom. The fourth-order valence-corrected chi connectivity index (χ4v) is 2.61. The maximum Gasteiger partial charge on any atom is 0.223 e. The molecule has 1 amide bonds. The summed E-state index contributed by atoms with van der Waals surface area (Å²) >= 11 is 0. The van der Waals surface area contributed by atoms with E-state index < -0.39 is 0 Å². The van der Waals surface area contributed by atoms with E-state index in [4.69, 9.17) is 0 Å². The largest absolute Gasteiger partial charge is 0.341 e. The van der Waals surface area contributed by atoms with Gasteiger partial charge in [0.1, 0.15) is 0 Å². The molecule has 1 aliphatic rings. The normalized spacial score (nSPS) is 19.7. The first-order chi connectivity index (χ1) is 9.60. The first-order valence-corrected chi connectivity index (χ1v) is 7.47. The van der Waals surface area contributed by atoms with Gasteiger partial charge in [-0.15, -0.1) is 0 Å². The third kappa shape index (κ3) is 3.79. The van der Waals surface area contributed by atoms with Crippen LogP contribution < -0.4 is 0 Å². The molecule has 0 aliphatic carbocycles. The number of aryl methyl sites for hydroxylation is 1. The third-order valence-corrected chi connectivity index (χ3v) is 4.02. The molecule has 0 spiro atoms. The van der Waals surface area contributed by atoms with Crippen molar-refractivity contribution in [1.82, 2.24) is 14.8 Å². The summed E-state index contributed by atoms with van der Waals surface area (Å²) in [7, 11) is 4.08. The molecule has 1 aromatic rings. The van der Waals surface area contributed by atoms with Crippen LogP contribution in [0.3, 0.4) is 0 Å². The van der Waals surface area contributed by atoms with Gasteiger partial charge in [-0.1, -0.05) is 13.0 Å². The summed E-state index contributed by atoms with van der Waals surface area (Å²) < 4.78 is 0. The van der Waals surface area contributed by atoms with Crippen molar-refractivity contribution in [2.45, 2.75) is 32.1 Å². The number of carbonyl (C=O) groups excluding carboxylic acids is 1. The molecule has 1 fully saturated rings. The van der Waals surface area contributed by atoms with Crippen molar-refractivity contribution >= 4 is 5.91 Å². The predicted octanol–water partition coefficient (Wildman–Crippen LogP) is 1.91. The minimum atomic E-state index is 0.280. The van der Waals surface area contributed by atoms with Gasteiger partial charge in [0.25, 0.3) is 0 Å². The first kappa shape index (κ1) is 15.0. The van der Waals surface area contributed by atoms with Crippen molar-refractivity contribution in [3.63, 3.8) is 0 Å². The second kappa shape index (κ2) is 6.84. The van der Waals surface area contributed by atoms with E-state index in [0.717, 1.165) is 38.2 Å². The summed E-state index contributed by atoms with van der Waals surface area (Å²) in [6, 6.07) is 4.22. The summed E-state index contributed by atoms with van der Waals surface area (Å²) in [5.41, 5.74) is 2.33. The number of carbonyl (C=O) groups is 1. The van der Waals surface area contributed by atoms with Gasteiger partial charge in [0.2, 0.25) is 5.91 Å². The number of piperidine rings is 1. The van der Waals surface area contributed by atoms with Gasteiger partial charge in [-0.2, -0.15) is 0 Å². The van der Waals surface area contributed by atoms with Gasteiger partial charge in [-0.3, -0.25) is 9.78 Å². The number of hydrogen-bond acceptors (Lipinski definition) is 3. The van der Waals surface area contributed by atoms with Crippen molar-refractivity contribution in [3.8, 4) is 0 Å². The van der Waals surface area contributed by atoms with Gasteiger partial charge in [-0.25, -0.2) is 0 Å². The zero-order chi connectivity index (χ0) is 14.5. The molecule has 0 bridgehead atoms. The van der Waals surface area contributed by atoms with Crippen LogP contribution in [0.5, 0.6) is 0 Å². The zero-order valence-corrected chi connectivity index (χ0v) is 12.8. The number of nitrogens with zero attached hydrogens (tertiary/aromatic N) is 3. The average Bonchev–Trinajstić information content (AvgIpc) is 2.46. The molecule has 0 radical (unpaired) electrons. The molecule has 4 nitrogen and oxygen atoms in total. The fraction of sp³-hybridized carbons (Fsp3) is 0.625. The van der Waals surface area contributed by atoms with Crippen LogP contribution in [0.4, 0.5) is 0 Å². The minimum Gasteiger partial charge on any atom is -0.341 e. The van der Waals surface area contributed by atoms with Crippen LogP contribution in [-0.2, 0) is 11.2 Å². The summed E-state index contributed by atoms with van der Waals surface area (Å²) in [5, 5.41) is 0.